The lowest BCUT2D eigenvalue weighted by atomic mass is 10.1. The maximum Gasteiger partial charge on any atom is 0.321 e. The highest BCUT2D eigenvalue weighted by Gasteiger charge is 2.11. The molecule has 0 saturated heterocycles. The van der Waals surface area contributed by atoms with Gasteiger partial charge in [-0.15, -0.1) is 0 Å². The Labute approximate surface area is 138 Å². The van der Waals surface area contributed by atoms with E-state index in [4.69, 9.17) is 0 Å². The highest BCUT2D eigenvalue weighted by Crippen LogP contribution is 2.10. The van der Waals surface area contributed by atoms with E-state index in [-0.39, 0.29) is 18.0 Å². The third-order valence-corrected chi connectivity index (χ3v) is 3.62. The number of likely N-dealkylation sites (N-methyl/N-ethyl adjacent to an activating group) is 2. The zero-order chi connectivity index (χ0) is 17.4. The normalized spacial score (nSPS) is 11.9. The lowest BCUT2D eigenvalue weighted by molar-refractivity contribution is 0.0939. The molecule has 6 heteroatoms. The number of nitrogens with one attached hydrogen (secondary N) is 2. The lowest BCUT2D eigenvalue weighted by Gasteiger charge is -2.20. The summed E-state index contributed by atoms with van der Waals surface area (Å²) in [5, 5.41) is 5.73. The zero-order valence-electron chi connectivity index (χ0n) is 14.7. The zero-order valence-corrected chi connectivity index (χ0v) is 14.7. The second-order valence-corrected chi connectivity index (χ2v) is 6.02. The Morgan fingerprint density at radius 3 is 2.22 bits per heavy atom. The Morgan fingerprint density at radius 2 is 1.70 bits per heavy atom. The minimum atomic E-state index is -0.163. The molecule has 6 nitrogen and oxygen atoms in total. The Morgan fingerprint density at radius 1 is 1.09 bits per heavy atom. The molecule has 0 aromatic heterocycles. The molecular weight excluding hydrogens is 292 g/mol. The van der Waals surface area contributed by atoms with Crippen molar-refractivity contribution in [2.75, 3.05) is 39.5 Å². The number of carbonyl (C=O) groups is 2. The van der Waals surface area contributed by atoms with Gasteiger partial charge in [-0.1, -0.05) is 6.92 Å². The summed E-state index contributed by atoms with van der Waals surface area (Å²) in [7, 11) is 5.69. The number of anilines is 1. The van der Waals surface area contributed by atoms with Gasteiger partial charge in [-0.3, -0.25) is 4.79 Å². The van der Waals surface area contributed by atoms with Crippen LogP contribution < -0.4 is 10.6 Å². The van der Waals surface area contributed by atoms with Gasteiger partial charge < -0.3 is 20.4 Å². The number of benzene rings is 1. The van der Waals surface area contributed by atoms with Crippen LogP contribution in [0.4, 0.5) is 10.5 Å². The first-order valence-electron chi connectivity index (χ1n) is 7.91. The average molecular weight is 320 g/mol. The summed E-state index contributed by atoms with van der Waals surface area (Å²) < 4.78 is 0. The van der Waals surface area contributed by atoms with Gasteiger partial charge in [0.1, 0.15) is 0 Å². The third kappa shape index (κ3) is 6.69. The van der Waals surface area contributed by atoms with E-state index in [0.29, 0.717) is 17.8 Å². The van der Waals surface area contributed by atoms with E-state index >= 15 is 0 Å². The smallest absolute Gasteiger partial charge is 0.321 e. The quantitative estimate of drug-likeness (QED) is 0.810. The molecule has 3 amide bonds. The van der Waals surface area contributed by atoms with Crippen molar-refractivity contribution in [3.8, 4) is 0 Å². The Hall–Kier alpha value is -2.08. The number of hydrogen-bond acceptors (Lipinski definition) is 3. The fourth-order valence-electron chi connectivity index (χ4n) is 1.78. The largest absolute Gasteiger partial charge is 0.350 e. The first kappa shape index (κ1) is 19.0. The van der Waals surface area contributed by atoms with Crippen molar-refractivity contribution in [1.82, 2.24) is 15.1 Å². The van der Waals surface area contributed by atoms with E-state index in [2.05, 4.69) is 10.6 Å². The van der Waals surface area contributed by atoms with Gasteiger partial charge in [0.2, 0.25) is 0 Å². The summed E-state index contributed by atoms with van der Waals surface area (Å²) in [6, 6.07) is 6.89. The molecule has 0 unspecified atom stereocenters. The summed E-state index contributed by atoms with van der Waals surface area (Å²) in [5.74, 6) is -0.0969. The van der Waals surface area contributed by atoms with Crippen LogP contribution in [0.3, 0.4) is 0 Å². The molecule has 0 aliphatic carbocycles. The van der Waals surface area contributed by atoms with Crippen molar-refractivity contribution in [2.45, 2.75) is 26.3 Å². The van der Waals surface area contributed by atoms with E-state index in [1.165, 1.54) is 0 Å². The standard InChI is InChI=1S/C17H28N4O2/c1-6-13(2)18-16(22)14-7-9-15(10-8-14)19-17(23)21(5)12-11-20(3)4/h7-10,13H,6,11-12H2,1-5H3,(H,18,22)(H,19,23)/t13-/m0/s1. The molecule has 1 aromatic carbocycles. The van der Waals surface area contributed by atoms with Gasteiger partial charge in [0.05, 0.1) is 0 Å². The molecule has 23 heavy (non-hydrogen) atoms. The second-order valence-electron chi connectivity index (χ2n) is 6.02. The summed E-state index contributed by atoms with van der Waals surface area (Å²) in [5.41, 5.74) is 1.26. The number of hydrogen-bond donors (Lipinski definition) is 2. The number of urea groups is 1. The van der Waals surface area contributed by atoms with Crippen LogP contribution in [0.15, 0.2) is 24.3 Å². The van der Waals surface area contributed by atoms with Gasteiger partial charge >= 0.3 is 6.03 Å². The van der Waals surface area contributed by atoms with E-state index in [9.17, 15) is 9.59 Å². The minimum absolute atomic E-state index is 0.0969. The van der Waals surface area contributed by atoms with Gasteiger partial charge in [0, 0.05) is 37.4 Å². The van der Waals surface area contributed by atoms with Crippen LogP contribution in [0.1, 0.15) is 30.6 Å². The summed E-state index contributed by atoms with van der Waals surface area (Å²) >= 11 is 0. The minimum Gasteiger partial charge on any atom is -0.350 e. The molecule has 0 radical (unpaired) electrons. The Kier molecular flexibility index (Phi) is 7.54. The van der Waals surface area contributed by atoms with Crippen molar-refractivity contribution >= 4 is 17.6 Å². The van der Waals surface area contributed by atoms with Crippen molar-refractivity contribution < 1.29 is 9.59 Å². The van der Waals surface area contributed by atoms with Gasteiger partial charge in [-0.2, -0.15) is 0 Å². The fraction of sp³-hybridized carbons (Fsp3) is 0.529. The van der Waals surface area contributed by atoms with Crippen molar-refractivity contribution in [2.24, 2.45) is 0 Å². The summed E-state index contributed by atoms with van der Waals surface area (Å²) in [6.45, 7) is 5.44. The van der Waals surface area contributed by atoms with Crippen LogP contribution in [0, 0.1) is 0 Å². The van der Waals surface area contributed by atoms with Gasteiger partial charge in [0.25, 0.3) is 5.91 Å². The first-order valence-corrected chi connectivity index (χ1v) is 7.91. The van der Waals surface area contributed by atoms with E-state index in [1.807, 2.05) is 32.8 Å². The second kappa shape index (κ2) is 9.15. The van der Waals surface area contributed by atoms with Crippen molar-refractivity contribution in [3.63, 3.8) is 0 Å². The number of carbonyl (C=O) groups excluding carboxylic acids is 2. The lowest BCUT2D eigenvalue weighted by Crippen LogP contribution is -2.36. The van der Waals surface area contributed by atoms with Crippen molar-refractivity contribution in [3.05, 3.63) is 29.8 Å². The van der Waals surface area contributed by atoms with Gasteiger partial charge in [0.15, 0.2) is 0 Å². The number of rotatable bonds is 7. The monoisotopic (exact) mass is 320 g/mol. The van der Waals surface area contributed by atoms with E-state index < -0.39 is 0 Å². The SMILES string of the molecule is CC[C@H](C)NC(=O)c1ccc(NC(=O)N(C)CCN(C)C)cc1. The molecule has 0 spiro atoms. The predicted octanol–water partition coefficient (Wildman–Crippen LogP) is 2.24. The highest BCUT2D eigenvalue weighted by atomic mass is 16.2. The van der Waals surface area contributed by atoms with Crippen LogP contribution in [-0.4, -0.2) is 62.0 Å². The van der Waals surface area contributed by atoms with Gasteiger partial charge in [-0.05, 0) is 51.7 Å². The van der Waals surface area contributed by atoms with Gasteiger partial charge in [-0.25, -0.2) is 4.79 Å². The highest BCUT2D eigenvalue weighted by molar-refractivity contribution is 5.95. The van der Waals surface area contributed by atoms with E-state index in [1.54, 1.807) is 36.2 Å². The number of amides is 3. The molecule has 0 heterocycles. The van der Waals surface area contributed by atoms with Crippen molar-refractivity contribution in [1.29, 1.82) is 0 Å². The topological polar surface area (TPSA) is 64.7 Å². The fourth-order valence-corrected chi connectivity index (χ4v) is 1.78. The Bertz CT molecular complexity index is 514. The molecule has 1 aromatic rings. The maximum absolute atomic E-state index is 12.0. The molecule has 0 aliphatic rings. The van der Waals surface area contributed by atoms with Crippen LogP contribution in [0.25, 0.3) is 0 Å². The molecule has 0 saturated carbocycles. The third-order valence-electron chi connectivity index (χ3n) is 3.62. The first-order chi connectivity index (χ1) is 10.8. The molecule has 0 fully saturated rings. The van der Waals surface area contributed by atoms with Crippen LogP contribution in [0.5, 0.6) is 0 Å². The molecule has 2 N–H and O–H groups in total. The van der Waals surface area contributed by atoms with E-state index in [0.717, 1.165) is 13.0 Å². The van der Waals surface area contributed by atoms with Crippen LogP contribution in [-0.2, 0) is 0 Å². The summed E-state index contributed by atoms with van der Waals surface area (Å²) in [6.07, 6.45) is 0.888. The summed E-state index contributed by atoms with van der Waals surface area (Å²) in [4.78, 5) is 27.7. The Balaban J connectivity index is 2.56. The molecule has 1 atom stereocenters. The molecule has 128 valence electrons. The average Bonchev–Trinajstić information content (AvgIpc) is 2.52. The predicted molar refractivity (Wildman–Crippen MR) is 93.9 cm³/mol. The molecule has 1 rings (SSSR count). The van der Waals surface area contributed by atoms with Crippen LogP contribution >= 0.6 is 0 Å². The number of nitrogens with zero attached hydrogens (tertiary/aromatic N) is 2. The maximum atomic E-state index is 12.0. The van der Waals surface area contributed by atoms with Crippen LogP contribution in [0.2, 0.25) is 0 Å². The molecular formula is C17H28N4O2. The molecule has 0 aliphatic heterocycles. The molecule has 0 bridgehead atoms.